The van der Waals surface area contributed by atoms with Gasteiger partial charge in [0.15, 0.2) is 5.78 Å². The minimum absolute atomic E-state index is 0.0467. The molecule has 1 fully saturated rings. The number of ether oxygens (including phenoxy) is 1. The molecule has 1 aliphatic heterocycles. The minimum atomic E-state index is -0.131. The summed E-state index contributed by atoms with van der Waals surface area (Å²) in [6, 6.07) is 5.43. The molecule has 1 aliphatic rings. The van der Waals surface area contributed by atoms with Crippen LogP contribution in [0.1, 0.15) is 37.0 Å². The van der Waals surface area contributed by atoms with Gasteiger partial charge in [-0.05, 0) is 44.9 Å². The maximum absolute atomic E-state index is 11.9. The van der Waals surface area contributed by atoms with Crippen LogP contribution in [0.3, 0.4) is 0 Å². The number of anilines is 1. The molecule has 2 rings (SSSR count). The van der Waals surface area contributed by atoms with Crippen LogP contribution in [0.25, 0.3) is 0 Å². The Kier molecular flexibility index (Phi) is 5.23. The molecule has 5 heteroatoms. The molecule has 114 valence electrons. The number of Topliss-reactive ketones (excluding diaryl/α,β-unsaturated/α-hetero) is 1. The van der Waals surface area contributed by atoms with Gasteiger partial charge in [-0.2, -0.15) is 0 Å². The summed E-state index contributed by atoms with van der Waals surface area (Å²) in [5.41, 5.74) is 1.47. The first-order valence-electron chi connectivity index (χ1n) is 7.25. The van der Waals surface area contributed by atoms with Crippen molar-refractivity contribution in [3.05, 3.63) is 28.8 Å². The summed E-state index contributed by atoms with van der Waals surface area (Å²) < 4.78 is 5.10. The summed E-state index contributed by atoms with van der Waals surface area (Å²) in [6.07, 6.45) is 1.80. The van der Waals surface area contributed by atoms with Crippen molar-refractivity contribution in [1.29, 1.82) is 0 Å². The van der Waals surface area contributed by atoms with E-state index in [4.69, 9.17) is 16.3 Å². The van der Waals surface area contributed by atoms with Crippen LogP contribution in [0.4, 0.5) is 5.69 Å². The Hall–Kier alpha value is -1.55. The topological polar surface area (TPSA) is 46.6 Å². The first kappa shape index (κ1) is 15.8. The van der Waals surface area contributed by atoms with Gasteiger partial charge >= 0.3 is 5.97 Å². The molecule has 0 spiro atoms. The van der Waals surface area contributed by atoms with Crippen molar-refractivity contribution in [3.8, 4) is 0 Å². The van der Waals surface area contributed by atoms with E-state index in [1.807, 2.05) is 13.0 Å². The zero-order chi connectivity index (χ0) is 15.4. The summed E-state index contributed by atoms with van der Waals surface area (Å²) in [5.74, 6) is -0.270. The molecule has 1 aromatic rings. The van der Waals surface area contributed by atoms with Gasteiger partial charge in [0.25, 0.3) is 0 Å². The Morgan fingerprint density at radius 1 is 1.43 bits per heavy atom. The Labute approximate surface area is 130 Å². The van der Waals surface area contributed by atoms with Crippen LogP contribution in [-0.4, -0.2) is 31.4 Å². The third-order valence-corrected chi connectivity index (χ3v) is 4.05. The predicted molar refractivity (Wildman–Crippen MR) is 83.0 cm³/mol. The highest BCUT2D eigenvalue weighted by molar-refractivity contribution is 6.34. The van der Waals surface area contributed by atoms with Crippen molar-refractivity contribution in [2.45, 2.75) is 26.7 Å². The fourth-order valence-electron chi connectivity index (χ4n) is 2.65. The van der Waals surface area contributed by atoms with Crippen LogP contribution >= 0.6 is 11.6 Å². The molecule has 0 N–H and O–H groups in total. The molecule has 0 bridgehead atoms. The molecule has 4 nitrogen and oxygen atoms in total. The van der Waals surface area contributed by atoms with Crippen molar-refractivity contribution in [3.63, 3.8) is 0 Å². The molecule has 1 unspecified atom stereocenters. The zero-order valence-electron chi connectivity index (χ0n) is 12.4. The van der Waals surface area contributed by atoms with Crippen LogP contribution in [0.5, 0.6) is 0 Å². The van der Waals surface area contributed by atoms with Crippen LogP contribution in [0, 0.1) is 5.92 Å². The molecule has 0 aliphatic carbocycles. The number of carbonyl (C=O) groups excluding carboxylic acids is 2. The number of hydrogen-bond acceptors (Lipinski definition) is 4. The molecule has 1 aromatic carbocycles. The molecule has 1 heterocycles. The van der Waals surface area contributed by atoms with E-state index in [0.29, 0.717) is 23.7 Å². The molecule has 0 aromatic heterocycles. The van der Waals surface area contributed by atoms with E-state index in [9.17, 15) is 9.59 Å². The van der Waals surface area contributed by atoms with Gasteiger partial charge in [-0.25, -0.2) is 0 Å². The number of carbonyl (C=O) groups is 2. The summed E-state index contributed by atoms with van der Waals surface area (Å²) in [6.45, 7) is 5.24. The predicted octanol–water partition coefficient (Wildman–Crippen LogP) is 3.32. The van der Waals surface area contributed by atoms with E-state index in [-0.39, 0.29) is 17.7 Å². The van der Waals surface area contributed by atoms with Crippen molar-refractivity contribution in [2.75, 3.05) is 24.6 Å². The van der Waals surface area contributed by atoms with Crippen molar-refractivity contribution >= 4 is 29.0 Å². The quantitative estimate of drug-likeness (QED) is 0.632. The molecule has 0 saturated carbocycles. The largest absolute Gasteiger partial charge is 0.466 e. The molecule has 0 radical (unpaired) electrons. The monoisotopic (exact) mass is 309 g/mol. The van der Waals surface area contributed by atoms with Gasteiger partial charge in [0.2, 0.25) is 0 Å². The van der Waals surface area contributed by atoms with E-state index in [0.717, 1.165) is 25.1 Å². The lowest BCUT2D eigenvalue weighted by Crippen LogP contribution is -2.39. The maximum Gasteiger partial charge on any atom is 0.310 e. The molecule has 1 saturated heterocycles. The Morgan fingerprint density at radius 2 is 2.19 bits per heavy atom. The van der Waals surface area contributed by atoms with Crippen LogP contribution in [0.15, 0.2) is 18.2 Å². The lowest BCUT2D eigenvalue weighted by atomic mass is 9.97. The summed E-state index contributed by atoms with van der Waals surface area (Å²) in [4.78, 5) is 25.4. The smallest absolute Gasteiger partial charge is 0.310 e. The Morgan fingerprint density at radius 3 is 2.81 bits per heavy atom. The lowest BCUT2D eigenvalue weighted by Gasteiger charge is -2.33. The first-order valence-corrected chi connectivity index (χ1v) is 7.62. The number of rotatable bonds is 4. The Balaban J connectivity index is 2.12. The van der Waals surface area contributed by atoms with Crippen molar-refractivity contribution in [1.82, 2.24) is 0 Å². The van der Waals surface area contributed by atoms with Crippen molar-refractivity contribution < 1.29 is 14.3 Å². The third-order valence-electron chi connectivity index (χ3n) is 3.74. The van der Waals surface area contributed by atoms with Gasteiger partial charge in [-0.3, -0.25) is 9.59 Å². The van der Waals surface area contributed by atoms with Gasteiger partial charge in [-0.15, -0.1) is 0 Å². The van der Waals surface area contributed by atoms with E-state index < -0.39 is 0 Å². The van der Waals surface area contributed by atoms with Crippen LogP contribution in [-0.2, 0) is 9.53 Å². The molecular formula is C16H20ClNO3. The highest BCUT2D eigenvalue weighted by Gasteiger charge is 2.27. The number of piperidine rings is 1. The number of esters is 1. The second-order valence-electron chi connectivity index (χ2n) is 5.26. The zero-order valence-corrected chi connectivity index (χ0v) is 13.2. The summed E-state index contributed by atoms with van der Waals surface area (Å²) >= 11 is 6.15. The van der Waals surface area contributed by atoms with Crippen molar-refractivity contribution in [2.24, 2.45) is 5.92 Å². The highest BCUT2D eigenvalue weighted by atomic mass is 35.5. The Bertz CT molecular complexity index is 544. The SMILES string of the molecule is CCOC(=O)C1CCCN(c2ccc(C(C)=O)c(Cl)c2)C1. The number of halogens is 1. The second-order valence-corrected chi connectivity index (χ2v) is 5.66. The van der Waals surface area contributed by atoms with E-state index in [1.54, 1.807) is 12.1 Å². The van der Waals surface area contributed by atoms with Gasteiger partial charge in [0.05, 0.1) is 17.5 Å². The molecule has 1 atom stereocenters. The average molecular weight is 310 g/mol. The van der Waals surface area contributed by atoms with Gasteiger partial charge in [0.1, 0.15) is 0 Å². The number of hydrogen-bond donors (Lipinski definition) is 0. The second kappa shape index (κ2) is 6.94. The fourth-order valence-corrected chi connectivity index (χ4v) is 2.96. The number of nitrogens with zero attached hydrogens (tertiary/aromatic N) is 1. The minimum Gasteiger partial charge on any atom is -0.466 e. The van der Waals surface area contributed by atoms with E-state index >= 15 is 0 Å². The average Bonchev–Trinajstić information content (AvgIpc) is 2.47. The number of ketones is 1. The standard InChI is InChI=1S/C16H20ClNO3/c1-3-21-16(20)12-5-4-8-18(10-12)13-6-7-14(11(2)19)15(17)9-13/h6-7,9,12H,3-5,8,10H2,1-2H3. The molecule has 21 heavy (non-hydrogen) atoms. The maximum atomic E-state index is 11.9. The highest BCUT2D eigenvalue weighted by Crippen LogP contribution is 2.28. The fraction of sp³-hybridized carbons (Fsp3) is 0.500. The summed E-state index contributed by atoms with van der Waals surface area (Å²) in [7, 11) is 0. The normalized spacial score (nSPS) is 18.4. The van der Waals surface area contributed by atoms with E-state index in [2.05, 4.69) is 4.90 Å². The first-order chi connectivity index (χ1) is 10.0. The van der Waals surface area contributed by atoms with Crippen LogP contribution < -0.4 is 4.90 Å². The third kappa shape index (κ3) is 3.76. The molecular weight excluding hydrogens is 290 g/mol. The van der Waals surface area contributed by atoms with Gasteiger partial charge in [-0.1, -0.05) is 11.6 Å². The lowest BCUT2D eigenvalue weighted by molar-refractivity contribution is -0.148. The summed E-state index contributed by atoms with van der Waals surface area (Å²) in [5, 5.41) is 0.457. The van der Waals surface area contributed by atoms with Crippen LogP contribution in [0.2, 0.25) is 5.02 Å². The molecule has 0 amide bonds. The van der Waals surface area contributed by atoms with E-state index in [1.165, 1.54) is 6.92 Å². The number of benzene rings is 1. The van der Waals surface area contributed by atoms with Gasteiger partial charge in [0, 0.05) is 24.3 Å². The van der Waals surface area contributed by atoms with Gasteiger partial charge < -0.3 is 9.64 Å².